The fourth-order valence-corrected chi connectivity index (χ4v) is 4.72. The van der Waals surface area contributed by atoms with Gasteiger partial charge in [-0.15, -0.1) is 0 Å². The third-order valence-corrected chi connectivity index (χ3v) is 6.53. The number of hydrogen-bond acceptors (Lipinski definition) is 3. The summed E-state index contributed by atoms with van der Waals surface area (Å²) < 4.78 is 2.01. The Hall–Kier alpha value is -3.10. The molecule has 1 atom stereocenters. The number of aliphatic imine (C=N–C) groups is 1. The van der Waals surface area contributed by atoms with Crippen LogP contribution in [0.15, 0.2) is 115 Å². The van der Waals surface area contributed by atoms with Gasteiger partial charge in [0.05, 0.1) is 0 Å². The summed E-state index contributed by atoms with van der Waals surface area (Å²) in [6, 6.07) is 32.6. The van der Waals surface area contributed by atoms with E-state index in [1.807, 2.05) is 63.2 Å². The van der Waals surface area contributed by atoms with Crippen molar-refractivity contribution >= 4 is 48.2 Å². The molecule has 0 amide bonds. The average molecular weight is 607 g/mol. The Morgan fingerprint density at radius 1 is 0.844 bits per heavy atom. The fourth-order valence-electron chi connectivity index (χ4n) is 3.86. The fraction of sp³-hybridized carbons (Fsp3) is 0.0370. The van der Waals surface area contributed by atoms with Gasteiger partial charge < -0.3 is 0 Å². The van der Waals surface area contributed by atoms with Gasteiger partial charge in [-0.3, -0.25) is 0 Å². The number of aliphatic hydroxyl groups excluding tert-OH is 1. The molecular formula is C27H20N3OTl. The van der Waals surface area contributed by atoms with Crippen LogP contribution in [0, 0.1) is 0 Å². The van der Waals surface area contributed by atoms with E-state index in [0.717, 1.165) is 38.9 Å². The van der Waals surface area contributed by atoms with Crippen LogP contribution < -0.4 is 0 Å². The van der Waals surface area contributed by atoms with E-state index >= 15 is 0 Å². The SMILES string of the molecule is OC(c1c[n]([Tl])cn1)c1cccc2ccc(N=C(c3ccccc3)c3ccccc3)cc12. The minimum absolute atomic E-state index is 0.622. The molecule has 4 nitrogen and oxygen atoms in total. The molecule has 1 N–H and O–H groups in total. The van der Waals surface area contributed by atoms with Crippen molar-refractivity contribution in [2.24, 2.45) is 4.99 Å². The first-order chi connectivity index (χ1) is 15.7. The van der Waals surface area contributed by atoms with Crippen molar-refractivity contribution in [3.05, 3.63) is 132 Å². The zero-order chi connectivity index (χ0) is 21.9. The molecule has 0 bridgehead atoms. The van der Waals surface area contributed by atoms with E-state index in [0.29, 0.717) is 31.8 Å². The summed E-state index contributed by atoms with van der Waals surface area (Å²) in [7, 11) is 0. The summed E-state index contributed by atoms with van der Waals surface area (Å²) in [6.07, 6.45) is 2.91. The Morgan fingerprint density at radius 2 is 1.53 bits per heavy atom. The van der Waals surface area contributed by atoms with Crippen LogP contribution in [0.25, 0.3) is 10.8 Å². The van der Waals surface area contributed by atoms with Crippen LogP contribution in [0.2, 0.25) is 0 Å². The van der Waals surface area contributed by atoms with Crippen molar-refractivity contribution < 1.29 is 5.11 Å². The molecule has 0 aliphatic heterocycles. The molecule has 5 aromatic rings. The molecule has 0 aliphatic rings. The van der Waals surface area contributed by atoms with E-state index in [1.165, 1.54) is 0 Å². The van der Waals surface area contributed by atoms with Crippen molar-refractivity contribution in [1.82, 2.24) is 7.36 Å². The second kappa shape index (κ2) is 9.18. The Morgan fingerprint density at radius 3 is 2.16 bits per heavy atom. The number of hydrogen-bond donors (Lipinski definition) is 1. The molecule has 0 spiro atoms. The zero-order valence-electron chi connectivity index (χ0n) is 17.3. The summed E-state index contributed by atoms with van der Waals surface area (Å²) in [6.45, 7) is 0. The maximum absolute atomic E-state index is 11.0. The van der Waals surface area contributed by atoms with Gasteiger partial charge in [0.2, 0.25) is 0 Å². The normalized spacial score (nSPS) is 11.9. The standard InChI is InChI=1S/C27H20N3O.Tl/c31-27(25-17-28-18-29-25)23-13-7-12-19-14-15-22(16-24(19)23)30-26(20-8-3-1-4-9-20)21-10-5-2-6-11-21;/h1-18,27,31H;/q-1;+1. The molecule has 32 heavy (non-hydrogen) atoms. The Balaban J connectivity index is 1.64. The van der Waals surface area contributed by atoms with Crippen LogP contribution >= 0.6 is 0 Å². The first-order valence-corrected chi connectivity index (χ1v) is 12.4. The summed E-state index contributed by atoms with van der Waals surface area (Å²) >= 11 is 0.622. The van der Waals surface area contributed by atoms with E-state index in [2.05, 4.69) is 47.4 Å². The molecule has 0 radical (unpaired) electrons. The third-order valence-electron chi connectivity index (χ3n) is 5.43. The van der Waals surface area contributed by atoms with Gasteiger partial charge in [-0.1, -0.05) is 36.4 Å². The van der Waals surface area contributed by atoms with Gasteiger partial charge >= 0.3 is 167 Å². The first kappa shape index (κ1) is 20.8. The van der Waals surface area contributed by atoms with Crippen LogP contribution in [0.5, 0.6) is 0 Å². The van der Waals surface area contributed by atoms with Crippen LogP contribution in [0.3, 0.4) is 0 Å². The van der Waals surface area contributed by atoms with E-state index in [1.54, 1.807) is 6.33 Å². The van der Waals surface area contributed by atoms with E-state index < -0.39 is 6.10 Å². The number of benzene rings is 4. The number of aromatic nitrogens is 2. The monoisotopic (exact) mass is 607 g/mol. The molecular weight excluding hydrogens is 587 g/mol. The molecule has 152 valence electrons. The van der Waals surface area contributed by atoms with Crippen molar-refractivity contribution in [1.29, 1.82) is 0 Å². The van der Waals surface area contributed by atoms with Crippen LogP contribution in [0.1, 0.15) is 28.5 Å². The molecule has 5 heteroatoms. The molecule has 4 aromatic carbocycles. The van der Waals surface area contributed by atoms with Gasteiger partial charge in [-0.05, 0) is 0 Å². The molecule has 1 heterocycles. The number of fused-ring (bicyclic) bond motifs is 1. The first-order valence-electron chi connectivity index (χ1n) is 10.4. The van der Waals surface area contributed by atoms with Gasteiger partial charge in [0.1, 0.15) is 0 Å². The molecule has 5 rings (SSSR count). The predicted molar refractivity (Wildman–Crippen MR) is 130 cm³/mol. The molecule has 1 unspecified atom stereocenters. The summed E-state index contributed by atoms with van der Waals surface area (Å²) in [5.41, 5.74) is 5.39. The molecule has 1 aromatic heterocycles. The number of imidazole rings is 1. The van der Waals surface area contributed by atoms with Gasteiger partial charge in [-0.25, -0.2) is 0 Å². The van der Waals surface area contributed by atoms with Gasteiger partial charge in [0, 0.05) is 0 Å². The third kappa shape index (κ3) is 4.28. The average Bonchev–Trinajstić information content (AvgIpc) is 3.29. The Kier molecular flexibility index (Phi) is 5.96. The second-order valence-electron chi connectivity index (χ2n) is 7.59. The van der Waals surface area contributed by atoms with E-state index in [9.17, 15) is 5.11 Å². The van der Waals surface area contributed by atoms with Crippen molar-refractivity contribution in [2.45, 2.75) is 6.10 Å². The Bertz CT molecular complexity index is 1350. The summed E-state index contributed by atoms with van der Waals surface area (Å²) in [4.78, 5) is 9.42. The number of nitrogens with zero attached hydrogens (tertiary/aromatic N) is 3. The molecule has 0 aliphatic carbocycles. The molecule has 0 saturated heterocycles. The maximum atomic E-state index is 11.0. The van der Waals surface area contributed by atoms with Crippen molar-refractivity contribution in [2.75, 3.05) is 0 Å². The Labute approximate surface area is 203 Å². The molecule has 0 fully saturated rings. The zero-order valence-corrected chi connectivity index (χ0v) is 21.8. The van der Waals surface area contributed by atoms with Crippen LogP contribution in [0.4, 0.5) is 5.69 Å². The van der Waals surface area contributed by atoms with Crippen LogP contribution in [-0.2, 0) is 0 Å². The molecule has 0 saturated carbocycles. The van der Waals surface area contributed by atoms with Gasteiger partial charge in [0.25, 0.3) is 0 Å². The quantitative estimate of drug-likeness (QED) is 0.220. The minimum atomic E-state index is -0.777. The van der Waals surface area contributed by atoms with Crippen molar-refractivity contribution in [3.63, 3.8) is 0 Å². The van der Waals surface area contributed by atoms with Crippen molar-refractivity contribution in [3.8, 4) is 0 Å². The summed E-state index contributed by atoms with van der Waals surface area (Å²) in [5, 5.41) is 13.1. The van der Waals surface area contributed by atoms with E-state index in [4.69, 9.17) is 4.99 Å². The van der Waals surface area contributed by atoms with Crippen LogP contribution in [-0.4, -0.2) is 44.2 Å². The number of aliphatic hydroxyl groups is 1. The second-order valence-corrected chi connectivity index (χ2v) is 9.91. The summed E-state index contributed by atoms with van der Waals surface area (Å²) in [5.74, 6) is 0. The van der Waals surface area contributed by atoms with Gasteiger partial charge in [0.15, 0.2) is 0 Å². The van der Waals surface area contributed by atoms with Gasteiger partial charge in [-0.2, -0.15) is 0 Å². The van der Waals surface area contributed by atoms with E-state index in [-0.39, 0.29) is 0 Å². The topological polar surface area (TPSA) is 50.4 Å². The number of rotatable bonds is 5. The predicted octanol–water partition coefficient (Wildman–Crippen LogP) is 5.22.